The number of benzene rings is 1. The van der Waals surface area contributed by atoms with E-state index < -0.39 is 22.9 Å². The van der Waals surface area contributed by atoms with Crippen LogP contribution in [0.3, 0.4) is 0 Å². The Morgan fingerprint density at radius 2 is 1.84 bits per heavy atom. The lowest BCUT2D eigenvalue weighted by Gasteiger charge is -2.45. The first-order chi connectivity index (χ1) is 17.4. The number of aliphatic hydroxyl groups is 2. The Balaban J connectivity index is 1.33. The summed E-state index contributed by atoms with van der Waals surface area (Å²) in [5.41, 5.74) is -1.50. The van der Waals surface area contributed by atoms with E-state index in [4.69, 9.17) is 4.98 Å². The monoisotopic (exact) mass is 517 g/mol. The molecule has 0 bridgehead atoms. The van der Waals surface area contributed by atoms with Gasteiger partial charge in [-0.1, -0.05) is 6.07 Å². The molecular weight excluding hydrogens is 487 g/mol. The van der Waals surface area contributed by atoms with Gasteiger partial charge in [0.1, 0.15) is 5.82 Å². The van der Waals surface area contributed by atoms with Gasteiger partial charge in [-0.15, -0.1) is 0 Å². The van der Waals surface area contributed by atoms with Gasteiger partial charge in [0.05, 0.1) is 34.0 Å². The minimum Gasteiger partial charge on any atom is -0.390 e. The number of hydrogen-bond acceptors (Lipinski definition) is 8. The molecule has 0 unspecified atom stereocenters. The molecule has 6 rings (SSSR count). The lowest BCUT2D eigenvalue weighted by molar-refractivity contribution is -0.137. The van der Waals surface area contributed by atoms with Crippen LogP contribution in [0.4, 0.5) is 24.9 Å². The van der Waals surface area contributed by atoms with Gasteiger partial charge in [-0.25, -0.2) is 4.68 Å². The molecule has 37 heavy (non-hydrogen) atoms. The quantitative estimate of drug-likeness (QED) is 0.475. The Kier molecular flexibility index (Phi) is 5.45. The summed E-state index contributed by atoms with van der Waals surface area (Å²) in [5, 5.41) is 28.8. The second-order valence-electron chi connectivity index (χ2n) is 11.2. The molecule has 1 saturated carbocycles. The molecule has 2 aromatic heterocycles. The van der Waals surface area contributed by atoms with E-state index in [1.807, 2.05) is 6.92 Å². The zero-order valence-corrected chi connectivity index (χ0v) is 20.7. The Bertz CT molecular complexity index is 1330. The first-order valence-corrected chi connectivity index (χ1v) is 12.5. The van der Waals surface area contributed by atoms with Crippen molar-refractivity contribution in [3.05, 3.63) is 36.0 Å². The SMILES string of the molecule is CC1(O)CC(Nc2nc(N3CC(N4CC[C@](C)(O)C4)C3)c3cnn(-c4cccc(C(F)(F)F)c4)c3n2)C1. The number of anilines is 2. The van der Waals surface area contributed by atoms with Crippen LogP contribution in [0.15, 0.2) is 30.5 Å². The average molecular weight is 518 g/mol. The molecule has 0 amide bonds. The molecule has 0 radical (unpaired) electrons. The first kappa shape index (κ1) is 24.4. The molecule has 0 spiro atoms. The molecule has 198 valence electrons. The number of likely N-dealkylation sites (tertiary alicyclic amines) is 1. The predicted octanol–water partition coefficient (Wildman–Crippen LogP) is 2.80. The van der Waals surface area contributed by atoms with Crippen molar-refractivity contribution in [2.24, 2.45) is 0 Å². The molecule has 2 aliphatic heterocycles. The minimum atomic E-state index is -4.47. The van der Waals surface area contributed by atoms with Crippen molar-refractivity contribution in [3.8, 4) is 5.69 Å². The summed E-state index contributed by atoms with van der Waals surface area (Å²) >= 11 is 0. The molecule has 12 heteroatoms. The number of aromatic nitrogens is 4. The summed E-state index contributed by atoms with van der Waals surface area (Å²) in [6, 6.07) is 5.30. The van der Waals surface area contributed by atoms with E-state index in [9.17, 15) is 23.4 Å². The van der Waals surface area contributed by atoms with E-state index >= 15 is 0 Å². The molecule has 9 nitrogen and oxygen atoms in total. The zero-order valence-electron chi connectivity index (χ0n) is 20.7. The van der Waals surface area contributed by atoms with Gasteiger partial charge < -0.3 is 20.4 Å². The molecular formula is C25H30F3N7O2. The van der Waals surface area contributed by atoms with Gasteiger partial charge in [0.2, 0.25) is 5.95 Å². The van der Waals surface area contributed by atoms with E-state index in [-0.39, 0.29) is 17.8 Å². The van der Waals surface area contributed by atoms with Crippen LogP contribution in [-0.2, 0) is 6.18 Å². The number of rotatable bonds is 5. The summed E-state index contributed by atoms with van der Waals surface area (Å²) in [5.74, 6) is 1.02. The van der Waals surface area contributed by atoms with Crippen molar-refractivity contribution in [3.63, 3.8) is 0 Å². The highest BCUT2D eigenvalue weighted by Gasteiger charge is 2.42. The van der Waals surface area contributed by atoms with E-state index in [1.165, 1.54) is 10.7 Å². The highest BCUT2D eigenvalue weighted by Crippen LogP contribution is 2.37. The molecule has 2 saturated heterocycles. The van der Waals surface area contributed by atoms with Crippen LogP contribution in [0.2, 0.25) is 0 Å². The van der Waals surface area contributed by atoms with Gasteiger partial charge in [0.25, 0.3) is 0 Å². The van der Waals surface area contributed by atoms with E-state index in [2.05, 4.69) is 25.2 Å². The van der Waals surface area contributed by atoms with E-state index in [0.29, 0.717) is 55.3 Å². The number of alkyl halides is 3. The largest absolute Gasteiger partial charge is 0.416 e. The molecule has 3 aromatic rings. The van der Waals surface area contributed by atoms with Gasteiger partial charge in [-0.3, -0.25) is 4.90 Å². The third-order valence-electron chi connectivity index (χ3n) is 7.69. The number of fused-ring (bicyclic) bond motifs is 1. The van der Waals surface area contributed by atoms with E-state index in [1.54, 1.807) is 19.2 Å². The molecule has 3 N–H and O–H groups in total. The fourth-order valence-electron chi connectivity index (χ4n) is 5.64. The summed E-state index contributed by atoms with van der Waals surface area (Å²) in [4.78, 5) is 13.8. The summed E-state index contributed by atoms with van der Waals surface area (Å²) in [7, 11) is 0. The highest BCUT2D eigenvalue weighted by molar-refractivity contribution is 5.89. The van der Waals surface area contributed by atoms with Crippen molar-refractivity contribution >= 4 is 22.8 Å². The molecule has 3 aliphatic rings. The Morgan fingerprint density at radius 1 is 1.08 bits per heavy atom. The Labute approximate surface area is 211 Å². The first-order valence-electron chi connectivity index (χ1n) is 12.5. The second-order valence-corrected chi connectivity index (χ2v) is 11.2. The maximum Gasteiger partial charge on any atom is 0.416 e. The fraction of sp³-hybridized carbons (Fsp3) is 0.560. The smallest absolute Gasteiger partial charge is 0.390 e. The summed E-state index contributed by atoms with van der Waals surface area (Å²) < 4.78 is 41.5. The predicted molar refractivity (Wildman–Crippen MR) is 132 cm³/mol. The molecule has 1 aromatic carbocycles. The zero-order chi connectivity index (χ0) is 26.2. The molecule has 4 heterocycles. The lowest BCUT2D eigenvalue weighted by atomic mass is 9.77. The van der Waals surface area contributed by atoms with Crippen molar-refractivity contribution < 1.29 is 23.4 Å². The number of β-amino-alcohol motifs (C(OH)–C–C–N with tert-alkyl or cyclic N) is 1. The Morgan fingerprint density at radius 3 is 2.49 bits per heavy atom. The molecule has 3 fully saturated rings. The van der Waals surface area contributed by atoms with Crippen molar-refractivity contribution in [1.29, 1.82) is 0 Å². The van der Waals surface area contributed by atoms with Crippen molar-refractivity contribution in [2.75, 3.05) is 36.4 Å². The maximum atomic E-state index is 13.4. The van der Waals surface area contributed by atoms with E-state index in [0.717, 1.165) is 25.1 Å². The molecule has 1 atom stereocenters. The normalized spacial score (nSPS) is 28.9. The van der Waals surface area contributed by atoms with Gasteiger partial charge >= 0.3 is 6.18 Å². The number of nitrogens with zero attached hydrogens (tertiary/aromatic N) is 6. The van der Waals surface area contributed by atoms with Gasteiger partial charge in [0.15, 0.2) is 5.65 Å². The van der Waals surface area contributed by atoms with Crippen LogP contribution in [0, 0.1) is 0 Å². The highest BCUT2D eigenvalue weighted by atomic mass is 19.4. The fourth-order valence-corrected chi connectivity index (χ4v) is 5.64. The molecule has 1 aliphatic carbocycles. The van der Waals surface area contributed by atoms with Gasteiger partial charge in [-0.05, 0) is 51.3 Å². The second kappa shape index (κ2) is 8.27. The van der Waals surface area contributed by atoms with Crippen LogP contribution < -0.4 is 10.2 Å². The third-order valence-corrected chi connectivity index (χ3v) is 7.69. The van der Waals surface area contributed by atoms with Gasteiger partial charge in [-0.2, -0.15) is 28.2 Å². The van der Waals surface area contributed by atoms with Crippen LogP contribution in [0.25, 0.3) is 16.7 Å². The number of halogens is 3. The minimum absolute atomic E-state index is 0.00111. The van der Waals surface area contributed by atoms with Crippen LogP contribution in [0.5, 0.6) is 0 Å². The topological polar surface area (TPSA) is 103 Å². The lowest BCUT2D eigenvalue weighted by Crippen LogP contribution is -2.59. The summed E-state index contributed by atoms with van der Waals surface area (Å²) in [6.07, 6.45) is -1.03. The van der Waals surface area contributed by atoms with Crippen LogP contribution in [-0.4, -0.2) is 84.3 Å². The number of nitrogens with one attached hydrogen (secondary N) is 1. The van der Waals surface area contributed by atoms with Gasteiger partial charge in [0, 0.05) is 38.3 Å². The maximum absolute atomic E-state index is 13.4. The third kappa shape index (κ3) is 4.62. The van der Waals surface area contributed by atoms with Crippen LogP contribution >= 0.6 is 0 Å². The van der Waals surface area contributed by atoms with Crippen molar-refractivity contribution in [1.82, 2.24) is 24.6 Å². The number of hydrogen-bond donors (Lipinski definition) is 3. The average Bonchev–Trinajstić information content (AvgIpc) is 3.34. The standard InChI is InChI=1S/C25H30F3N7O2/c1-23(36)6-7-33(14-23)18-12-34(13-18)20-19-11-29-35(17-5-3-4-15(8-17)25(26,27)28)21(19)32-22(31-20)30-16-9-24(2,37)10-16/h3-5,8,11,16,18,36-37H,6-7,9-10,12-14H2,1-2H3,(H,30,31,32)/t16?,23-,24?/m0/s1. The van der Waals surface area contributed by atoms with Crippen molar-refractivity contribution in [2.45, 2.75) is 62.6 Å². The Hall–Kier alpha value is -2.96. The summed E-state index contributed by atoms with van der Waals surface area (Å²) in [6.45, 7) is 6.54. The van der Waals surface area contributed by atoms with Crippen LogP contribution in [0.1, 0.15) is 38.7 Å².